The highest BCUT2D eigenvalue weighted by atomic mass is 16.5. The molecule has 0 aromatic rings. The SMILES string of the molecule is C=CN=CN=C.CCCCC(C)OC. The topological polar surface area (TPSA) is 34.0 Å². The lowest BCUT2D eigenvalue weighted by Crippen LogP contribution is -2.02. The van der Waals surface area contributed by atoms with E-state index in [0.29, 0.717) is 6.10 Å². The van der Waals surface area contributed by atoms with Gasteiger partial charge in [-0.15, -0.1) is 0 Å². The Hall–Kier alpha value is -0.960. The Kier molecular flexibility index (Phi) is 16.1. The quantitative estimate of drug-likeness (QED) is 0.477. The van der Waals surface area contributed by atoms with Crippen LogP contribution in [0.3, 0.4) is 0 Å². The summed E-state index contributed by atoms with van der Waals surface area (Å²) >= 11 is 0. The van der Waals surface area contributed by atoms with Crippen molar-refractivity contribution in [1.82, 2.24) is 0 Å². The molecule has 0 heterocycles. The van der Waals surface area contributed by atoms with Crippen molar-refractivity contribution in [2.45, 2.75) is 39.2 Å². The van der Waals surface area contributed by atoms with Gasteiger partial charge in [0.2, 0.25) is 0 Å². The Morgan fingerprint density at radius 1 is 1.50 bits per heavy atom. The first kappa shape index (κ1) is 15.5. The van der Waals surface area contributed by atoms with Crippen molar-refractivity contribution in [3.63, 3.8) is 0 Å². The first-order valence-corrected chi connectivity index (χ1v) is 4.84. The maximum Gasteiger partial charge on any atom is 0.114 e. The lowest BCUT2D eigenvalue weighted by Gasteiger charge is -2.06. The van der Waals surface area contributed by atoms with Crippen LogP contribution in [-0.2, 0) is 4.74 Å². The Bertz CT molecular complexity index is 145. The minimum Gasteiger partial charge on any atom is -0.382 e. The van der Waals surface area contributed by atoms with Crippen LogP contribution in [-0.4, -0.2) is 26.3 Å². The minimum absolute atomic E-state index is 0.454. The largest absolute Gasteiger partial charge is 0.382 e. The van der Waals surface area contributed by atoms with Crippen LogP contribution < -0.4 is 0 Å². The molecule has 3 heteroatoms. The fourth-order valence-electron chi connectivity index (χ4n) is 0.704. The summed E-state index contributed by atoms with van der Waals surface area (Å²) in [7, 11) is 1.76. The van der Waals surface area contributed by atoms with E-state index in [1.807, 2.05) is 0 Å². The third-order valence-electron chi connectivity index (χ3n) is 1.62. The summed E-state index contributed by atoms with van der Waals surface area (Å²) in [6, 6.07) is 0. The molecule has 0 saturated heterocycles. The summed E-state index contributed by atoms with van der Waals surface area (Å²) in [6.07, 6.45) is 6.94. The van der Waals surface area contributed by atoms with E-state index in [0.717, 1.165) is 0 Å². The van der Waals surface area contributed by atoms with Crippen LogP contribution in [0.1, 0.15) is 33.1 Å². The van der Waals surface area contributed by atoms with E-state index >= 15 is 0 Å². The maximum atomic E-state index is 5.05. The smallest absolute Gasteiger partial charge is 0.114 e. The third kappa shape index (κ3) is 17.2. The first-order valence-electron chi connectivity index (χ1n) is 4.84. The van der Waals surface area contributed by atoms with Crippen molar-refractivity contribution in [2.75, 3.05) is 7.11 Å². The van der Waals surface area contributed by atoms with Crippen LogP contribution in [0.5, 0.6) is 0 Å². The summed E-state index contributed by atoms with van der Waals surface area (Å²) in [5.41, 5.74) is 0. The second-order valence-corrected chi connectivity index (χ2v) is 2.82. The molecule has 0 aliphatic carbocycles. The molecule has 0 spiro atoms. The molecule has 0 N–H and O–H groups in total. The van der Waals surface area contributed by atoms with E-state index in [2.05, 4.69) is 37.1 Å². The van der Waals surface area contributed by atoms with Gasteiger partial charge in [-0.3, -0.25) is 4.99 Å². The highest BCUT2D eigenvalue weighted by Gasteiger charge is 1.94. The number of unbranched alkanes of at least 4 members (excludes halogenated alkanes) is 1. The van der Waals surface area contributed by atoms with Gasteiger partial charge >= 0.3 is 0 Å². The van der Waals surface area contributed by atoms with E-state index < -0.39 is 0 Å². The molecule has 0 aromatic carbocycles. The molecule has 0 rings (SSSR count). The molecule has 82 valence electrons. The summed E-state index contributed by atoms with van der Waals surface area (Å²) in [6.45, 7) is 10.8. The van der Waals surface area contributed by atoms with Gasteiger partial charge in [-0.05, 0) is 20.1 Å². The molecule has 0 aromatic heterocycles. The molecular formula is C11H22N2O. The molecule has 1 atom stereocenters. The number of aliphatic imine (C=N–C) groups is 2. The monoisotopic (exact) mass is 198 g/mol. The molecule has 0 aliphatic rings. The Morgan fingerprint density at radius 2 is 2.14 bits per heavy atom. The summed E-state index contributed by atoms with van der Waals surface area (Å²) < 4.78 is 5.05. The van der Waals surface area contributed by atoms with Crippen molar-refractivity contribution in [3.05, 3.63) is 12.8 Å². The standard InChI is InChI=1S/C7H16O.C4H6N2/c1-4-5-6-7(2)8-3;1-3-6-4-5-2/h7H,4-6H2,1-3H3;3-4H,1-2H2. The molecule has 14 heavy (non-hydrogen) atoms. The van der Waals surface area contributed by atoms with Crippen LogP contribution in [0.25, 0.3) is 0 Å². The van der Waals surface area contributed by atoms with Gasteiger partial charge in [-0.25, -0.2) is 4.99 Å². The van der Waals surface area contributed by atoms with E-state index in [-0.39, 0.29) is 0 Å². The van der Waals surface area contributed by atoms with Crippen LogP contribution in [0, 0.1) is 0 Å². The molecule has 0 bridgehead atoms. The third-order valence-corrected chi connectivity index (χ3v) is 1.62. The second kappa shape index (κ2) is 14.6. The number of rotatable bonds is 6. The number of hydrogen-bond acceptors (Lipinski definition) is 2. The van der Waals surface area contributed by atoms with Crippen LogP contribution in [0.2, 0.25) is 0 Å². The summed E-state index contributed by atoms with van der Waals surface area (Å²) in [5.74, 6) is 0. The van der Waals surface area contributed by atoms with Crippen molar-refractivity contribution in [3.8, 4) is 0 Å². The maximum absolute atomic E-state index is 5.05. The fraction of sp³-hybridized carbons (Fsp3) is 0.636. The van der Waals surface area contributed by atoms with E-state index in [1.54, 1.807) is 7.11 Å². The number of nitrogens with zero attached hydrogens (tertiary/aromatic N) is 2. The van der Waals surface area contributed by atoms with Crippen LogP contribution >= 0.6 is 0 Å². The Balaban J connectivity index is 0. The van der Waals surface area contributed by atoms with Gasteiger partial charge in [0.25, 0.3) is 0 Å². The predicted molar refractivity (Wildman–Crippen MR) is 64.2 cm³/mol. The number of hydrogen-bond donors (Lipinski definition) is 0. The van der Waals surface area contributed by atoms with E-state index in [4.69, 9.17) is 4.74 Å². The number of methoxy groups -OCH3 is 1. The second-order valence-electron chi connectivity index (χ2n) is 2.82. The van der Waals surface area contributed by atoms with E-state index in [1.165, 1.54) is 31.8 Å². The molecule has 0 saturated carbocycles. The average Bonchev–Trinajstić information content (AvgIpc) is 2.23. The fourth-order valence-corrected chi connectivity index (χ4v) is 0.704. The van der Waals surface area contributed by atoms with Gasteiger partial charge in [0, 0.05) is 13.3 Å². The molecule has 1 unspecified atom stereocenters. The van der Waals surface area contributed by atoms with Gasteiger partial charge in [0.15, 0.2) is 0 Å². The predicted octanol–water partition coefficient (Wildman–Crippen LogP) is 3.07. The lowest BCUT2D eigenvalue weighted by atomic mass is 10.2. The molecule has 0 amide bonds. The Labute approximate surface area is 87.6 Å². The molecule has 0 fully saturated rings. The zero-order valence-corrected chi connectivity index (χ0v) is 9.57. The zero-order valence-electron chi connectivity index (χ0n) is 9.57. The Morgan fingerprint density at radius 3 is 2.43 bits per heavy atom. The normalized spacial score (nSPS) is 11.6. The van der Waals surface area contributed by atoms with Gasteiger partial charge in [-0.2, -0.15) is 0 Å². The lowest BCUT2D eigenvalue weighted by molar-refractivity contribution is 0.109. The first-order chi connectivity index (χ1) is 6.72. The van der Waals surface area contributed by atoms with Gasteiger partial charge < -0.3 is 4.74 Å². The van der Waals surface area contributed by atoms with Crippen molar-refractivity contribution < 1.29 is 4.74 Å². The number of ether oxygens (including phenoxy) is 1. The van der Waals surface area contributed by atoms with Gasteiger partial charge in [0.1, 0.15) is 6.34 Å². The van der Waals surface area contributed by atoms with Crippen molar-refractivity contribution in [2.24, 2.45) is 9.98 Å². The summed E-state index contributed by atoms with van der Waals surface area (Å²) in [5, 5.41) is 0. The van der Waals surface area contributed by atoms with Crippen molar-refractivity contribution in [1.29, 1.82) is 0 Å². The minimum atomic E-state index is 0.454. The highest BCUT2D eigenvalue weighted by Crippen LogP contribution is 2.01. The zero-order chi connectivity index (χ0) is 11.2. The van der Waals surface area contributed by atoms with Crippen LogP contribution in [0.15, 0.2) is 22.8 Å². The molecule has 0 aliphatic heterocycles. The van der Waals surface area contributed by atoms with Gasteiger partial charge in [-0.1, -0.05) is 26.3 Å². The molecular weight excluding hydrogens is 176 g/mol. The van der Waals surface area contributed by atoms with Crippen LogP contribution in [0.4, 0.5) is 0 Å². The summed E-state index contributed by atoms with van der Waals surface area (Å²) in [4.78, 5) is 6.81. The molecule has 3 nitrogen and oxygen atoms in total. The average molecular weight is 198 g/mol. The van der Waals surface area contributed by atoms with E-state index in [9.17, 15) is 0 Å². The van der Waals surface area contributed by atoms with Gasteiger partial charge in [0.05, 0.1) is 6.10 Å². The molecule has 0 radical (unpaired) electrons. The van der Waals surface area contributed by atoms with Crippen molar-refractivity contribution >= 4 is 13.1 Å². The highest BCUT2D eigenvalue weighted by molar-refractivity contribution is 5.62.